The summed E-state index contributed by atoms with van der Waals surface area (Å²) in [4.78, 5) is 25.1. The van der Waals surface area contributed by atoms with Crippen molar-refractivity contribution in [2.45, 2.75) is 6.92 Å². The van der Waals surface area contributed by atoms with Gasteiger partial charge >= 0.3 is 5.97 Å². The first-order valence-electron chi connectivity index (χ1n) is 5.22. The van der Waals surface area contributed by atoms with Crippen LogP contribution in [-0.4, -0.2) is 16.1 Å². The van der Waals surface area contributed by atoms with Crippen LogP contribution in [0.25, 0.3) is 11.1 Å². The summed E-state index contributed by atoms with van der Waals surface area (Å²) in [6, 6.07) is 7.08. The Hall–Kier alpha value is -1.88. The van der Waals surface area contributed by atoms with Gasteiger partial charge < -0.3 is 10.1 Å². The minimum absolute atomic E-state index is 0.233. The van der Waals surface area contributed by atoms with Gasteiger partial charge in [0.2, 0.25) is 0 Å². The van der Waals surface area contributed by atoms with Crippen LogP contribution in [0.1, 0.15) is 15.9 Å². The lowest BCUT2D eigenvalue weighted by Gasteiger charge is -2.08. The molecule has 4 nitrogen and oxygen atoms in total. The van der Waals surface area contributed by atoms with Crippen molar-refractivity contribution < 1.29 is 9.90 Å². The monoisotopic (exact) mass is 307 g/mol. The summed E-state index contributed by atoms with van der Waals surface area (Å²) >= 11 is 3.35. The van der Waals surface area contributed by atoms with E-state index in [1.54, 1.807) is 12.1 Å². The Morgan fingerprint density at radius 3 is 2.61 bits per heavy atom. The second kappa shape index (κ2) is 4.78. The van der Waals surface area contributed by atoms with Gasteiger partial charge in [0.1, 0.15) is 5.56 Å². The van der Waals surface area contributed by atoms with Gasteiger partial charge in [0.25, 0.3) is 5.56 Å². The zero-order valence-electron chi connectivity index (χ0n) is 9.53. The Labute approximate surface area is 111 Å². The van der Waals surface area contributed by atoms with Crippen LogP contribution in [0.3, 0.4) is 0 Å². The summed E-state index contributed by atoms with van der Waals surface area (Å²) in [6.07, 6.45) is 1.45. The van der Waals surface area contributed by atoms with E-state index in [-0.39, 0.29) is 5.56 Å². The maximum atomic E-state index is 11.6. The van der Waals surface area contributed by atoms with Crippen LogP contribution < -0.4 is 5.56 Å². The number of nitrogens with one attached hydrogen (secondary N) is 1. The van der Waals surface area contributed by atoms with Crippen molar-refractivity contribution in [1.29, 1.82) is 0 Å². The molecule has 0 amide bonds. The quantitative estimate of drug-likeness (QED) is 0.896. The van der Waals surface area contributed by atoms with Crippen molar-refractivity contribution in [1.82, 2.24) is 4.98 Å². The van der Waals surface area contributed by atoms with Crippen LogP contribution in [-0.2, 0) is 0 Å². The Morgan fingerprint density at radius 2 is 2.00 bits per heavy atom. The van der Waals surface area contributed by atoms with Crippen molar-refractivity contribution in [2.75, 3.05) is 0 Å². The van der Waals surface area contributed by atoms with Gasteiger partial charge in [0.15, 0.2) is 0 Å². The third-order valence-corrected chi connectivity index (χ3v) is 3.15. The number of aromatic carboxylic acids is 1. The maximum absolute atomic E-state index is 11.6. The SMILES string of the molecule is Cc1cc(Br)ccc1-c1cc[nH]c(=O)c1C(=O)O. The number of aromatic amines is 1. The molecule has 0 fully saturated rings. The first-order valence-corrected chi connectivity index (χ1v) is 6.01. The fraction of sp³-hybridized carbons (Fsp3) is 0.0769. The van der Waals surface area contributed by atoms with Gasteiger partial charge in [-0.2, -0.15) is 0 Å². The molecule has 0 bridgehead atoms. The second-order valence-corrected chi connectivity index (χ2v) is 4.78. The number of rotatable bonds is 2. The van der Waals surface area contributed by atoms with Crippen molar-refractivity contribution in [3.8, 4) is 11.1 Å². The van der Waals surface area contributed by atoms with Crippen LogP contribution in [0.2, 0.25) is 0 Å². The molecule has 2 N–H and O–H groups in total. The zero-order chi connectivity index (χ0) is 13.3. The first kappa shape index (κ1) is 12.6. The number of aromatic nitrogens is 1. The lowest BCUT2D eigenvalue weighted by Crippen LogP contribution is -2.18. The van der Waals surface area contributed by atoms with Crippen LogP contribution in [0.4, 0.5) is 0 Å². The number of carboxylic acid groups (broad SMARTS) is 1. The molecule has 2 aromatic rings. The highest BCUT2D eigenvalue weighted by Crippen LogP contribution is 2.27. The Bertz CT molecular complexity index is 676. The molecule has 92 valence electrons. The Kier molecular flexibility index (Phi) is 3.34. The van der Waals surface area contributed by atoms with Gasteiger partial charge in [-0.3, -0.25) is 4.79 Å². The number of halogens is 1. The highest BCUT2D eigenvalue weighted by Gasteiger charge is 2.16. The van der Waals surface area contributed by atoms with E-state index in [1.807, 2.05) is 19.1 Å². The number of hydrogen-bond donors (Lipinski definition) is 2. The molecule has 0 aliphatic carbocycles. The summed E-state index contributed by atoms with van der Waals surface area (Å²) in [5, 5.41) is 9.12. The van der Waals surface area contributed by atoms with Crippen LogP contribution in [0, 0.1) is 6.92 Å². The number of carboxylic acids is 1. The zero-order valence-corrected chi connectivity index (χ0v) is 11.1. The van der Waals surface area contributed by atoms with Gasteiger partial charge in [0.05, 0.1) is 0 Å². The lowest BCUT2D eigenvalue weighted by molar-refractivity contribution is 0.0696. The summed E-state index contributed by atoms with van der Waals surface area (Å²) in [5.41, 5.74) is 1.24. The topological polar surface area (TPSA) is 70.2 Å². The summed E-state index contributed by atoms with van der Waals surface area (Å²) in [7, 11) is 0. The maximum Gasteiger partial charge on any atom is 0.341 e. The summed E-state index contributed by atoms with van der Waals surface area (Å²) < 4.78 is 0.908. The molecule has 0 atom stereocenters. The normalized spacial score (nSPS) is 10.3. The van der Waals surface area contributed by atoms with E-state index in [2.05, 4.69) is 20.9 Å². The average molecular weight is 308 g/mol. The van der Waals surface area contributed by atoms with E-state index in [0.29, 0.717) is 5.56 Å². The minimum Gasteiger partial charge on any atom is -0.477 e. The van der Waals surface area contributed by atoms with Gasteiger partial charge in [0, 0.05) is 16.2 Å². The van der Waals surface area contributed by atoms with E-state index >= 15 is 0 Å². The van der Waals surface area contributed by atoms with Crippen molar-refractivity contribution in [2.24, 2.45) is 0 Å². The third kappa shape index (κ3) is 2.22. The van der Waals surface area contributed by atoms with E-state index in [0.717, 1.165) is 15.6 Å². The fourth-order valence-corrected chi connectivity index (χ4v) is 2.32. The molecule has 0 saturated carbocycles. The smallest absolute Gasteiger partial charge is 0.341 e. The first-order chi connectivity index (χ1) is 8.50. The van der Waals surface area contributed by atoms with E-state index in [1.165, 1.54) is 6.20 Å². The molecular formula is C13H10BrNO3. The van der Waals surface area contributed by atoms with Gasteiger partial charge in [-0.05, 0) is 36.2 Å². The van der Waals surface area contributed by atoms with Crippen molar-refractivity contribution in [3.63, 3.8) is 0 Å². The molecule has 1 aromatic carbocycles. The number of pyridine rings is 1. The van der Waals surface area contributed by atoms with E-state index < -0.39 is 11.5 Å². The van der Waals surface area contributed by atoms with Crippen LogP contribution in [0.15, 0.2) is 39.7 Å². The van der Waals surface area contributed by atoms with Gasteiger partial charge in [-0.15, -0.1) is 0 Å². The molecular weight excluding hydrogens is 298 g/mol. The van der Waals surface area contributed by atoms with E-state index in [4.69, 9.17) is 5.11 Å². The fourth-order valence-electron chi connectivity index (χ4n) is 1.84. The predicted molar refractivity (Wildman–Crippen MR) is 71.9 cm³/mol. The summed E-state index contributed by atoms with van der Waals surface area (Å²) in [6.45, 7) is 1.87. The molecule has 0 unspecified atom stereocenters. The highest BCUT2D eigenvalue weighted by molar-refractivity contribution is 9.10. The van der Waals surface area contributed by atoms with Crippen LogP contribution >= 0.6 is 15.9 Å². The molecule has 0 aliphatic heterocycles. The highest BCUT2D eigenvalue weighted by atomic mass is 79.9. The Balaban J connectivity index is 2.75. The predicted octanol–water partition coefficient (Wildman–Crippen LogP) is 2.81. The average Bonchev–Trinajstić information content (AvgIpc) is 2.28. The number of H-pyrrole nitrogens is 1. The molecule has 0 aliphatic rings. The van der Waals surface area contributed by atoms with Crippen molar-refractivity contribution >= 4 is 21.9 Å². The number of carbonyl (C=O) groups is 1. The summed E-state index contributed by atoms with van der Waals surface area (Å²) in [5.74, 6) is -1.23. The van der Waals surface area contributed by atoms with Gasteiger partial charge in [-0.25, -0.2) is 4.79 Å². The molecule has 18 heavy (non-hydrogen) atoms. The second-order valence-electron chi connectivity index (χ2n) is 3.86. The largest absolute Gasteiger partial charge is 0.477 e. The number of hydrogen-bond acceptors (Lipinski definition) is 2. The Morgan fingerprint density at radius 1 is 1.28 bits per heavy atom. The van der Waals surface area contributed by atoms with Gasteiger partial charge in [-0.1, -0.05) is 22.0 Å². The molecule has 0 saturated heterocycles. The van der Waals surface area contributed by atoms with Crippen LogP contribution in [0.5, 0.6) is 0 Å². The molecule has 2 rings (SSSR count). The molecule has 0 radical (unpaired) electrons. The lowest BCUT2D eigenvalue weighted by atomic mass is 9.97. The molecule has 1 aromatic heterocycles. The molecule has 1 heterocycles. The minimum atomic E-state index is -1.23. The number of aryl methyl sites for hydroxylation is 1. The van der Waals surface area contributed by atoms with Crippen molar-refractivity contribution in [3.05, 3.63) is 56.4 Å². The molecule has 5 heteroatoms. The standard InChI is InChI=1S/C13H10BrNO3/c1-7-6-8(14)2-3-9(7)10-4-5-15-12(16)11(10)13(17)18/h2-6H,1H3,(H,15,16)(H,17,18). The van der Waals surface area contributed by atoms with E-state index in [9.17, 15) is 9.59 Å². The molecule has 0 spiro atoms. The number of benzene rings is 1. The third-order valence-electron chi connectivity index (χ3n) is 2.65.